The number of hydrogen-bond donors (Lipinski definition) is 0. The van der Waals surface area contributed by atoms with Gasteiger partial charge in [-0.05, 0) is 38.0 Å². The van der Waals surface area contributed by atoms with Crippen LogP contribution in [-0.4, -0.2) is 25.8 Å². The summed E-state index contributed by atoms with van der Waals surface area (Å²) in [5, 5.41) is 0. The van der Waals surface area contributed by atoms with Crippen molar-refractivity contribution in [2.45, 2.75) is 51.6 Å². The number of carbonyl (C=O) groups excluding carboxylic acids is 1. The third-order valence-electron chi connectivity index (χ3n) is 4.28. The molecule has 16 heavy (non-hydrogen) atoms. The molecule has 3 nitrogen and oxygen atoms in total. The normalized spacial score (nSPS) is 38.1. The number of carbonyl (C=O) groups is 1. The Morgan fingerprint density at radius 3 is 2.50 bits per heavy atom. The fourth-order valence-corrected chi connectivity index (χ4v) is 2.97. The quantitative estimate of drug-likeness (QED) is 0.546. The van der Waals surface area contributed by atoms with Crippen LogP contribution in [0.25, 0.3) is 0 Å². The van der Waals surface area contributed by atoms with Crippen LogP contribution in [0.5, 0.6) is 0 Å². The van der Waals surface area contributed by atoms with E-state index in [1.165, 1.54) is 26.4 Å². The average Bonchev–Trinajstić information content (AvgIpc) is 3.12. The number of hydrogen-bond acceptors (Lipinski definition) is 3. The van der Waals surface area contributed by atoms with Gasteiger partial charge in [0.2, 0.25) is 0 Å². The zero-order valence-corrected chi connectivity index (χ0v) is 10.3. The molecule has 0 aromatic rings. The van der Waals surface area contributed by atoms with E-state index in [1.54, 1.807) is 0 Å². The highest BCUT2D eigenvalue weighted by atomic mass is 16.6. The van der Waals surface area contributed by atoms with E-state index < -0.39 is 0 Å². The smallest absolute Gasteiger partial charge is 0.311 e. The van der Waals surface area contributed by atoms with Crippen LogP contribution in [0.4, 0.5) is 0 Å². The molecule has 1 saturated heterocycles. The molecule has 1 aliphatic heterocycles. The van der Waals surface area contributed by atoms with Gasteiger partial charge < -0.3 is 9.47 Å². The SMILES string of the molecule is CCC1CCC(CC2CO2)(C(=O)OC)CC1. The molecule has 3 heteroatoms. The average molecular weight is 226 g/mol. The molecule has 0 aromatic carbocycles. The largest absolute Gasteiger partial charge is 0.469 e. The Morgan fingerprint density at radius 2 is 2.06 bits per heavy atom. The van der Waals surface area contributed by atoms with Crippen LogP contribution in [0.3, 0.4) is 0 Å². The second-order valence-electron chi connectivity index (χ2n) is 5.28. The number of esters is 1. The van der Waals surface area contributed by atoms with Gasteiger partial charge in [-0.15, -0.1) is 0 Å². The van der Waals surface area contributed by atoms with Crippen LogP contribution in [0, 0.1) is 11.3 Å². The van der Waals surface area contributed by atoms with Crippen LogP contribution in [0.2, 0.25) is 0 Å². The van der Waals surface area contributed by atoms with Gasteiger partial charge in [-0.1, -0.05) is 13.3 Å². The van der Waals surface area contributed by atoms with Crippen molar-refractivity contribution < 1.29 is 14.3 Å². The van der Waals surface area contributed by atoms with Crippen LogP contribution >= 0.6 is 0 Å². The van der Waals surface area contributed by atoms with Gasteiger partial charge in [0, 0.05) is 0 Å². The number of rotatable bonds is 4. The summed E-state index contributed by atoms with van der Waals surface area (Å²) in [4.78, 5) is 12.0. The lowest BCUT2D eigenvalue weighted by molar-refractivity contribution is -0.156. The van der Waals surface area contributed by atoms with Crippen molar-refractivity contribution in [1.82, 2.24) is 0 Å². The molecule has 2 fully saturated rings. The first kappa shape index (κ1) is 11.9. The minimum Gasteiger partial charge on any atom is -0.469 e. The minimum atomic E-state index is -0.235. The Labute approximate surface area is 97.5 Å². The molecular formula is C13H22O3. The highest BCUT2D eigenvalue weighted by Crippen LogP contribution is 2.45. The van der Waals surface area contributed by atoms with E-state index >= 15 is 0 Å². The van der Waals surface area contributed by atoms with Gasteiger partial charge in [-0.3, -0.25) is 4.79 Å². The van der Waals surface area contributed by atoms with E-state index in [0.29, 0.717) is 6.10 Å². The zero-order valence-electron chi connectivity index (χ0n) is 10.3. The van der Waals surface area contributed by atoms with Gasteiger partial charge in [0.25, 0.3) is 0 Å². The molecule has 1 heterocycles. The van der Waals surface area contributed by atoms with Crippen molar-refractivity contribution in [1.29, 1.82) is 0 Å². The van der Waals surface area contributed by atoms with Gasteiger partial charge >= 0.3 is 5.97 Å². The summed E-state index contributed by atoms with van der Waals surface area (Å²) in [6.07, 6.45) is 6.72. The van der Waals surface area contributed by atoms with Gasteiger partial charge in [0.15, 0.2) is 0 Å². The number of epoxide rings is 1. The first-order chi connectivity index (χ1) is 7.70. The molecule has 2 rings (SSSR count). The zero-order chi connectivity index (χ0) is 11.6. The van der Waals surface area contributed by atoms with Gasteiger partial charge in [0.1, 0.15) is 0 Å². The summed E-state index contributed by atoms with van der Waals surface area (Å²) >= 11 is 0. The molecule has 0 radical (unpaired) electrons. The summed E-state index contributed by atoms with van der Waals surface area (Å²) in [5.41, 5.74) is -0.235. The lowest BCUT2D eigenvalue weighted by Gasteiger charge is -2.37. The Bertz CT molecular complexity index is 250. The van der Waals surface area contributed by atoms with Gasteiger partial charge in [0.05, 0.1) is 25.2 Å². The first-order valence-electron chi connectivity index (χ1n) is 6.40. The highest BCUT2D eigenvalue weighted by Gasteiger charge is 2.46. The molecule has 2 aliphatic rings. The van der Waals surface area contributed by atoms with Crippen LogP contribution in [-0.2, 0) is 14.3 Å². The highest BCUT2D eigenvalue weighted by molar-refractivity contribution is 5.77. The lowest BCUT2D eigenvalue weighted by atomic mass is 9.67. The Balaban J connectivity index is 2.00. The topological polar surface area (TPSA) is 38.8 Å². The molecule has 1 unspecified atom stereocenters. The fourth-order valence-electron chi connectivity index (χ4n) is 2.97. The van der Waals surface area contributed by atoms with E-state index in [2.05, 4.69) is 6.92 Å². The maximum absolute atomic E-state index is 12.0. The summed E-state index contributed by atoms with van der Waals surface area (Å²) in [6.45, 7) is 3.07. The third kappa shape index (κ3) is 2.40. The molecule has 1 aliphatic carbocycles. The summed E-state index contributed by atoms with van der Waals surface area (Å²) < 4.78 is 10.3. The molecule has 1 atom stereocenters. The molecule has 92 valence electrons. The Kier molecular flexibility index (Phi) is 3.53. The standard InChI is InChI=1S/C13H22O3/c1-3-10-4-6-13(7-5-10,12(14)15-2)8-11-9-16-11/h10-11H,3-9H2,1-2H3. The number of ether oxygens (including phenoxy) is 2. The van der Waals surface area contributed by atoms with Gasteiger partial charge in [-0.25, -0.2) is 0 Å². The molecule has 0 bridgehead atoms. The maximum Gasteiger partial charge on any atom is 0.311 e. The molecule has 1 saturated carbocycles. The van der Waals surface area contributed by atoms with E-state index in [9.17, 15) is 4.79 Å². The van der Waals surface area contributed by atoms with E-state index in [1.807, 2.05) is 0 Å². The molecule has 0 spiro atoms. The van der Waals surface area contributed by atoms with Crippen molar-refractivity contribution in [3.05, 3.63) is 0 Å². The van der Waals surface area contributed by atoms with Crippen LogP contribution < -0.4 is 0 Å². The van der Waals surface area contributed by atoms with E-state index in [-0.39, 0.29) is 11.4 Å². The Hall–Kier alpha value is -0.570. The summed E-state index contributed by atoms with van der Waals surface area (Å²) in [6, 6.07) is 0. The van der Waals surface area contributed by atoms with Crippen molar-refractivity contribution in [3.63, 3.8) is 0 Å². The third-order valence-corrected chi connectivity index (χ3v) is 4.28. The summed E-state index contributed by atoms with van der Waals surface area (Å²) in [7, 11) is 1.50. The molecule has 0 aromatic heterocycles. The Morgan fingerprint density at radius 1 is 1.44 bits per heavy atom. The minimum absolute atomic E-state index is 0.0162. The van der Waals surface area contributed by atoms with Gasteiger partial charge in [-0.2, -0.15) is 0 Å². The second-order valence-corrected chi connectivity index (χ2v) is 5.28. The van der Waals surface area contributed by atoms with Crippen molar-refractivity contribution in [3.8, 4) is 0 Å². The number of methoxy groups -OCH3 is 1. The monoisotopic (exact) mass is 226 g/mol. The van der Waals surface area contributed by atoms with Crippen LogP contribution in [0.15, 0.2) is 0 Å². The van der Waals surface area contributed by atoms with Crippen LogP contribution in [0.1, 0.15) is 45.4 Å². The molecule has 0 amide bonds. The lowest BCUT2D eigenvalue weighted by Crippen LogP contribution is -2.37. The van der Waals surface area contributed by atoms with Crippen molar-refractivity contribution >= 4 is 5.97 Å². The maximum atomic E-state index is 12.0. The molecule has 0 N–H and O–H groups in total. The van der Waals surface area contributed by atoms with Crippen molar-refractivity contribution in [2.24, 2.45) is 11.3 Å². The first-order valence-corrected chi connectivity index (χ1v) is 6.40. The fraction of sp³-hybridized carbons (Fsp3) is 0.923. The van der Waals surface area contributed by atoms with E-state index in [0.717, 1.165) is 31.8 Å². The predicted octanol–water partition coefficient (Wildman–Crippen LogP) is 2.53. The van der Waals surface area contributed by atoms with E-state index in [4.69, 9.17) is 9.47 Å². The second kappa shape index (κ2) is 4.74. The summed E-state index contributed by atoms with van der Waals surface area (Å²) in [5.74, 6) is 0.787. The predicted molar refractivity (Wildman–Crippen MR) is 61.1 cm³/mol. The molecular weight excluding hydrogens is 204 g/mol. The van der Waals surface area contributed by atoms with Crippen molar-refractivity contribution in [2.75, 3.05) is 13.7 Å².